The lowest BCUT2D eigenvalue weighted by atomic mass is 9.94. The van der Waals surface area contributed by atoms with Gasteiger partial charge in [-0.2, -0.15) is 0 Å². The molecule has 0 spiro atoms. The van der Waals surface area contributed by atoms with Crippen molar-refractivity contribution in [2.75, 3.05) is 13.7 Å². The van der Waals surface area contributed by atoms with Gasteiger partial charge >= 0.3 is 12.1 Å². The minimum Gasteiger partial charge on any atom is -0.508 e. The number of nitrogens with one attached hydrogen (secondary N) is 2. The molecule has 3 amide bonds. The van der Waals surface area contributed by atoms with Crippen LogP contribution in [0.15, 0.2) is 54.6 Å². The first-order valence-corrected chi connectivity index (χ1v) is 12.6. The van der Waals surface area contributed by atoms with Crippen molar-refractivity contribution in [1.29, 1.82) is 0 Å². The lowest BCUT2D eigenvalue weighted by molar-refractivity contribution is -0.149. The Kier molecular flexibility index (Phi) is 10.5. The van der Waals surface area contributed by atoms with Gasteiger partial charge in [0.1, 0.15) is 30.0 Å². The van der Waals surface area contributed by atoms with Crippen LogP contribution in [-0.4, -0.2) is 64.7 Å². The average molecular weight is 542 g/mol. The van der Waals surface area contributed by atoms with Crippen LogP contribution in [0, 0.1) is 0 Å². The molecule has 2 aromatic rings. The van der Waals surface area contributed by atoms with E-state index < -0.39 is 53.6 Å². The molecule has 2 unspecified atom stereocenters. The monoisotopic (exact) mass is 541 g/mol. The first-order chi connectivity index (χ1) is 18.1. The van der Waals surface area contributed by atoms with E-state index in [0.29, 0.717) is 5.56 Å². The molecule has 212 valence electrons. The quantitative estimate of drug-likeness (QED) is 0.414. The van der Waals surface area contributed by atoms with E-state index in [2.05, 4.69) is 15.4 Å². The van der Waals surface area contributed by atoms with E-state index in [4.69, 9.17) is 4.74 Å². The zero-order valence-corrected chi connectivity index (χ0v) is 23.6. The highest BCUT2D eigenvalue weighted by Gasteiger charge is 2.42. The summed E-state index contributed by atoms with van der Waals surface area (Å²) in [6, 6.07) is 12.7. The normalized spacial score (nSPS) is 13.0. The molecule has 2 rings (SSSR count). The second-order valence-corrected chi connectivity index (χ2v) is 11.1. The van der Waals surface area contributed by atoms with Crippen molar-refractivity contribution in [2.24, 2.45) is 0 Å². The number of carbonyl (C=O) groups excluding carboxylic acids is 4. The summed E-state index contributed by atoms with van der Waals surface area (Å²) in [4.78, 5) is 53.8. The van der Waals surface area contributed by atoms with E-state index in [9.17, 15) is 24.3 Å². The van der Waals surface area contributed by atoms with E-state index in [1.807, 2.05) is 30.3 Å². The highest BCUT2D eigenvalue weighted by Crippen LogP contribution is 2.32. The largest absolute Gasteiger partial charge is 0.508 e. The van der Waals surface area contributed by atoms with Crippen LogP contribution in [0.4, 0.5) is 4.79 Å². The standard InChI is InChI=1S/C29H39N3O7/c1-28(2,3)32(24(20-14-11-15-21(33)17-20)25(35)30-18-23(34)38-7)26(36)22(16-19-12-9-8-10-13-19)31-27(37)39-29(4,5)6/h8-15,17,22,24,33H,16,18H2,1-7H3,(H,30,35)(H,31,37). The average Bonchev–Trinajstić information content (AvgIpc) is 2.83. The van der Waals surface area contributed by atoms with Crippen molar-refractivity contribution in [2.45, 2.75) is 71.2 Å². The third kappa shape index (κ3) is 9.63. The lowest BCUT2D eigenvalue weighted by Crippen LogP contribution is -2.59. The molecule has 0 heterocycles. The molecule has 0 aromatic heterocycles. The maximum absolute atomic E-state index is 14.3. The van der Waals surface area contributed by atoms with Crippen LogP contribution < -0.4 is 10.6 Å². The number of phenols is 1. The number of esters is 1. The molecule has 39 heavy (non-hydrogen) atoms. The number of rotatable bonds is 9. The fourth-order valence-electron chi connectivity index (χ4n) is 3.95. The van der Waals surface area contributed by atoms with Crippen molar-refractivity contribution in [1.82, 2.24) is 15.5 Å². The number of alkyl carbamates (subject to hydrolysis) is 1. The molecule has 2 atom stereocenters. The number of methoxy groups -OCH3 is 1. The first-order valence-electron chi connectivity index (χ1n) is 12.6. The van der Waals surface area contributed by atoms with Gasteiger partial charge in [-0.25, -0.2) is 4.79 Å². The number of aromatic hydroxyl groups is 1. The van der Waals surface area contributed by atoms with Gasteiger partial charge in [0.2, 0.25) is 11.8 Å². The summed E-state index contributed by atoms with van der Waals surface area (Å²) in [5.74, 6) is -1.99. The maximum Gasteiger partial charge on any atom is 0.408 e. The van der Waals surface area contributed by atoms with Crippen LogP contribution in [0.5, 0.6) is 5.75 Å². The zero-order chi connectivity index (χ0) is 29.4. The van der Waals surface area contributed by atoms with Crippen LogP contribution in [0.1, 0.15) is 58.7 Å². The van der Waals surface area contributed by atoms with Crippen LogP contribution in [-0.2, 0) is 30.3 Å². The van der Waals surface area contributed by atoms with Gasteiger partial charge in [-0.05, 0) is 64.8 Å². The molecule has 0 saturated carbocycles. The third-order valence-electron chi connectivity index (χ3n) is 5.56. The SMILES string of the molecule is COC(=O)CNC(=O)C(c1cccc(O)c1)N(C(=O)C(Cc1ccccc1)NC(=O)OC(C)(C)C)C(C)(C)C. The molecule has 0 aliphatic heterocycles. The van der Waals surface area contributed by atoms with Crippen LogP contribution in [0.25, 0.3) is 0 Å². The maximum atomic E-state index is 14.3. The Labute approximate surface area is 229 Å². The molecule has 0 saturated heterocycles. The fraction of sp³-hybridized carbons (Fsp3) is 0.448. The first kappa shape index (κ1) is 31.1. The van der Waals surface area contributed by atoms with Crippen molar-refractivity contribution >= 4 is 23.9 Å². The Bertz CT molecular complexity index is 1150. The van der Waals surface area contributed by atoms with Gasteiger partial charge in [-0.3, -0.25) is 14.4 Å². The van der Waals surface area contributed by atoms with Crippen LogP contribution in [0.2, 0.25) is 0 Å². The highest BCUT2D eigenvalue weighted by atomic mass is 16.6. The second-order valence-electron chi connectivity index (χ2n) is 11.1. The van der Waals surface area contributed by atoms with E-state index in [0.717, 1.165) is 5.56 Å². The minimum absolute atomic E-state index is 0.104. The van der Waals surface area contributed by atoms with Gasteiger partial charge in [0.15, 0.2) is 0 Å². The number of hydrogen-bond donors (Lipinski definition) is 3. The predicted molar refractivity (Wildman–Crippen MR) is 146 cm³/mol. The van der Waals surface area contributed by atoms with Gasteiger partial charge < -0.3 is 30.1 Å². The van der Waals surface area contributed by atoms with Crippen LogP contribution >= 0.6 is 0 Å². The number of ether oxygens (including phenoxy) is 2. The van der Waals surface area contributed by atoms with Crippen molar-refractivity contribution in [3.8, 4) is 5.75 Å². The second kappa shape index (κ2) is 13.1. The van der Waals surface area contributed by atoms with Gasteiger partial charge in [-0.15, -0.1) is 0 Å². The summed E-state index contributed by atoms with van der Waals surface area (Å²) in [6.07, 6.45) is -0.656. The number of phenolic OH excluding ortho intramolecular Hbond substituents is 1. The Morgan fingerprint density at radius 2 is 1.59 bits per heavy atom. The van der Waals surface area contributed by atoms with Crippen LogP contribution in [0.3, 0.4) is 0 Å². The Hall–Kier alpha value is -4.08. The molecule has 0 fully saturated rings. The molecule has 0 bridgehead atoms. The van der Waals surface area contributed by atoms with Gasteiger partial charge in [-0.1, -0.05) is 42.5 Å². The van der Waals surface area contributed by atoms with E-state index >= 15 is 0 Å². The number of hydrogen-bond acceptors (Lipinski definition) is 7. The lowest BCUT2D eigenvalue weighted by Gasteiger charge is -2.43. The molecule has 3 N–H and O–H groups in total. The van der Waals surface area contributed by atoms with Crippen molar-refractivity contribution in [3.63, 3.8) is 0 Å². The highest BCUT2D eigenvalue weighted by molar-refractivity contribution is 5.93. The predicted octanol–water partition coefficient (Wildman–Crippen LogP) is 3.49. The number of carbonyl (C=O) groups is 4. The molecule has 0 radical (unpaired) electrons. The zero-order valence-electron chi connectivity index (χ0n) is 23.6. The molecule has 10 nitrogen and oxygen atoms in total. The summed E-state index contributed by atoms with van der Waals surface area (Å²) >= 11 is 0. The summed E-state index contributed by atoms with van der Waals surface area (Å²) in [7, 11) is 1.20. The smallest absolute Gasteiger partial charge is 0.408 e. The van der Waals surface area contributed by atoms with Crippen molar-refractivity contribution < 1.29 is 33.8 Å². The number of amides is 3. The Morgan fingerprint density at radius 1 is 0.949 bits per heavy atom. The summed E-state index contributed by atoms with van der Waals surface area (Å²) in [5, 5.41) is 15.4. The third-order valence-corrected chi connectivity index (χ3v) is 5.56. The minimum atomic E-state index is -1.26. The number of nitrogens with zero attached hydrogens (tertiary/aromatic N) is 1. The summed E-state index contributed by atoms with van der Waals surface area (Å²) in [6.45, 7) is 9.98. The van der Waals surface area contributed by atoms with E-state index in [-0.39, 0.29) is 12.2 Å². The molecule has 0 aliphatic rings. The van der Waals surface area contributed by atoms with Crippen molar-refractivity contribution in [3.05, 3.63) is 65.7 Å². The fourth-order valence-corrected chi connectivity index (χ4v) is 3.95. The molecule has 10 heteroatoms. The summed E-state index contributed by atoms with van der Waals surface area (Å²) < 4.78 is 10.1. The van der Waals surface area contributed by atoms with Gasteiger partial charge in [0.05, 0.1) is 7.11 Å². The van der Waals surface area contributed by atoms with E-state index in [1.54, 1.807) is 53.7 Å². The molecule has 0 aliphatic carbocycles. The number of benzene rings is 2. The molecular formula is C29H39N3O7. The Balaban J connectivity index is 2.59. The topological polar surface area (TPSA) is 134 Å². The van der Waals surface area contributed by atoms with Gasteiger partial charge in [0.25, 0.3) is 0 Å². The summed E-state index contributed by atoms with van der Waals surface area (Å²) in [5.41, 5.74) is -0.645. The Morgan fingerprint density at radius 3 is 2.13 bits per heavy atom. The molecular weight excluding hydrogens is 502 g/mol. The van der Waals surface area contributed by atoms with Gasteiger partial charge in [0, 0.05) is 12.0 Å². The van der Waals surface area contributed by atoms with E-state index in [1.165, 1.54) is 24.1 Å². The molecule has 2 aromatic carbocycles.